The van der Waals surface area contributed by atoms with Gasteiger partial charge in [-0.05, 0) is 31.0 Å². The van der Waals surface area contributed by atoms with Crippen LogP contribution in [-0.4, -0.2) is 35.5 Å². The van der Waals surface area contributed by atoms with Gasteiger partial charge in [-0.25, -0.2) is 4.79 Å². The summed E-state index contributed by atoms with van der Waals surface area (Å²) in [5.74, 6) is -1.51. The van der Waals surface area contributed by atoms with Crippen LogP contribution in [0.2, 0.25) is 0 Å². The van der Waals surface area contributed by atoms with Crippen molar-refractivity contribution in [2.45, 2.75) is 26.3 Å². The van der Waals surface area contributed by atoms with Crippen molar-refractivity contribution in [3.05, 3.63) is 35.4 Å². The normalized spacial score (nSPS) is 11.5. The van der Waals surface area contributed by atoms with E-state index in [-0.39, 0.29) is 17.4 Å². The van der Waals surface area contributed by atoms with Crippen LogP contribution in [0.1, 0.15) is 29.8 Å². The van der Waals surface area contributed by atoms with Crippen LogP contribution in [0, 0.1) is 0 Å². The van der Waals surface area contributed by atoms with Gasteiger partial charge in [-0.3, -0.25) is 9.59 Å². The van der Waals surface area contributed by atoms with Crippen LogP contribution in [0.3, 0.4) is 0 Å². The van der Waals surface area contributed by atoms with Gasteiger partial charge in [0.25, 0.3) is 0 Å². The molecular weight excluding hydrogens is 260 g/mol. The minimum absolute atomic E-state index is 0.223. The van der Waals surface area contributed by atoms with Gasteiger partial charge in [0.15, 0.2) is 0 Å². The number of carboxylic acids is 1. The second-order valence-electron chi connectivity index (χ2n) is 4.47. The average molecular weight is 278 g/mol. The Morgan fingerprint density at radius 1 is 1.30 bits per heavy atom. The monoisotopic (exact) mass is 278 g/mol. The van der Waals surface area contributed by atoms with Gasteiger partial charge in [0.2, 0.25) is 11.8 Å². The second kappa shape index (κ2) is 7.28. The zero-order valence-corrected chi connectivity index (χ0v) is 11.5. The first kappa shape index (κ1) is 15.7. The third-order valence-electron chi connectivity index (χ3n) is 2.70. The fourth-order valence-corrected chi connectivity index (χ4v) is 1.71. The summed E-state index contributed by atoms with van der Waals surface area (Å²) in [7, 11) is 0. The zero-order valence-electron chi connectivity index (χ0n) is 11.5. The Hall–Kier alpha value is -2.37. The van der Waals surface area contributed by atoms with E-state index in [2.05, 4.69) is 10.6 Å². The average Bonchev–Trinajstić information content (AvgIpc) is 2.38. The largest absolute Gasteiger partial charge is 0.478 e. The van der Waals surface area contributed by atoms with E-state index >= 15 is 0 Å². The van der Waals surface area contributed by atoms with Crippen molar-refractivity contribution >= 4 is 17.8 Å². The molecule has 1 aromatic carbocycles. The number of carboxylic acid groups (broad SMARTS) is 1. The van der Waals surface area contributed by atoms with Crippen LogP contribution in [0.25, 0.3) is 0 Å². The number of amides is 2. The lowest BCUT2D eigenvalue weighted by molar-refractivity contribution is -0.127. The van der Waals surface area contributed by atoms with E-state index in [0.29, 0.717) is 13.0 Å². The van der Waals surface area contributed by atoms with Gasteiger partial charge in [0, 0.05) is 13.5 Å². The van der Waals surface area contributed by atoms with E-state index in [0.717, 1.165) is 5.56 Å². The highest BCUT2D eigenvalue weighted by molar-refractivity contribution is 5.88. The van der Waals surface area contributed by atoms with Crippen molar-refractivity contribution in [3.8, 4) is 0 Å². The molecule has 1 atom stereocenters. The maximum atomic E-state index is 11.6. The minimum atomic E-state index is -0.977. The molecule has 0 spiro atoms. The van der Waals surface area contributed by atoms with Crippen LogP contribution >= 0.6 is 0 Å². The fraction of sp³-hybridized carbons (Fsp3) is 0.357. The lowest BCUT2D eigenvalue weighted by atomic mass is 10.1. The number of aromatic carboxylic acids is 1. The molecule has 0 radical (unpaired) electrons. The summed E-state index contributed by atoms with van der Waals surface area (Å²) >= 11 is 0. The number of carbonyl (C=O) groups is 3. The summed E-state index contributed by atoms with van der Waals surface area (Å²) in [5.41, 5.74) is 1.05. The fourth-order valence-electron chi connectivity index (χ4n) is 1.71. The first-order valence-corrected chi connectivity index (χ1v) is 6.27. The Kier molecular flexibility index (Phi) is 5.71. The second-order valence-corrected chi connectivity index (χ2v) is 4.47. The van der Waals surface area contributed by atoms with Gasteiger partial charge in [-0.1, -0.05) is 12.1 Å². The van der Waals surface area contributed by atoms with Crippen molar-refractivity contribution in [2.75, 3.05) is 6.54 Å². The lowest BCUT2D eigenvalue weighted by Gasteiger charge is -2.12. The van der Waals surface area contributed by atoms with Crippen molar-refractivity contribution in [3.63, 3.8) is 0 Å². The van der Waals surface area contributed by atoms with Crippen LogP contribution in [0.15, 0.2) is 24.3 Å². The first-order valence-electron chi connectivity index (χ1n) is 6.27. The Morgan fingerprint density at radius 2 is 2.00 bits per heavy atom. The van der Waals surface area contributed by atoms with Gasteiger partial charge < -0.3 is 15.7 Å². The van der Waals surface area contributed by atoms with Gasteiger partial charge in [-0.2, -0.15) is 0 Å². The third-order valence-corrected chi connectivity index (χ3v) is 2.70. The Labute approximate surface area is 117 Å². The Bertz CT molecular complexity index is 514. The molecular formula is C14H18N2O4. The molecule has 1 aromatic rings. The summed E-state index contributed by atoms with van der Waals surface area (Å²) in [6.07, 6.45) is 0.527. The molecule has 3 N–H and O–H groups in total. The smallest absolute Gasteiger partial charge is 0.335 e. The number of carbonyl (C=O) groups excluding carboxylic acids is 2. The predicted molar refractivity (Wildman–Crippen MR) is 73.4 cm³/mol. The molecule has 0 bridgehead atoms. The zero-order chi connectivity index (χ0) is 15.1. The van der Waals surface area contributed by atoms with Crippen molar-refractivity contribution in [1.29, 1.82) is 0 Å². The molecule has 0 saturated heterocycles. The van der Waals surface area contributed by atoms with E-state index in [1.165, 1.54) is 13.0 Å². The van der Waals surface area contributed by atoms with E-state index in [1.54, 1.807) is 25.1 Å². The number of hydrogen-bond donors (Lipinski definition) is 3. The van der Waals surface area contributed by atoms with E-state index in [1.807, 2.05) is 0 Å². The number of hydrogen-bond acceptors (Lipinski definition) is 3. The predicted octanol–water partition coefficient (Wildman–Crippen LogP) is 0.568. The van der Waals surface area contributed by atoms with Gasteiger partial charge in [0.05, 0.1) is 5.56 Å². The molecule has 0 aliphatic heterocycles. The highest BCUT2D eigenvalue weighted by atomic mass is 16.4. The van der Waals surface area contributed by atoms with E-state index in [4.69, 9.17) is 5.11 Å². The van der Waals surface area contributed by atoms with E-state index in [9.17, 15) is 14.4 Å². The molecule has 0 saturated carbocycles. The van der Waals surface area contributed by atoms with Crippen molar-refractivity contribution < 1.29 is 19.5 Å². The van der Waals surface area contributed by atoms with Crippen LogP contribution in [0.4, 0.5) is 0 Å². The van der Waals surface area contributed by atoms with Crippen LogP contribution in [0.5, 0.6) is 0 Å². The molecule has 1 rings (SSSR count). The lowest BCUT2D eigenvalue weighted by Crippen LogP contribution is -2.44. The molecule has 0 aromatic heterocycles. The number of benzene rings is 1. The molecule has 1 unspecified atom stereocenters. The summed E-state index contributed by atoms with van der Waals surface area (Å²) in [6, 6.07) is 5.98. The van der Waals surface area contributed by atoms with Crippen LogP contribution in [-0.2, 0) is 16.0 Å². The molecule has 0 heterocycles. The molecule has 0 aliphatic rings. The standard InChI is InChI=1S/C14H18N2O4/c1-9(16-10(2)17)13(18)15-7-6-11-4-3-5-12(8-11)14(19)20/h3-5,8-9H,6-7H2,1-2H3,(H,15,18)(H,16,17)(H,19,20). The summed E-state index contributed by atoms with van der Waals surface area (Å²) in [6.45, 7) is 3.33. The summed E-state index contributed by atoms with van der Waals surface area (Å²) in [4.78, 5) is 33.2. The highest BCUT2D eigenvalue weighted by Crippen LogP contribution is 2.05. The molecule has 6 nitrogen and oxygen atoms in total. The summed E-state index contributed by atoms with van der Waals surface area (Å²) in [5, 5.41) is 14.0. The van der Waals surface area contributed by atoms with Gasteiger partial charge in [0.1, 0.15) is 6.04 Å². The Morgan fingerprint density at radius 3 is 2.60 bits per heavy atom. The molecule has 20 heavy (non-hydrogen) atoms. The SMILES string of the molecule is CC(=O)NC(C)C(=O)NCCc1cccc(C(=O)O)c1. The van der Waals surface area contributed by atoms with Crippen molar-refractivity contribution in [2.24, 2.45) is 0 Å². The Balaban J connectivity index is 2.44. The molecule has 2 amide bonds. The van der Waals surface area contributed by atoms with E-state index < -0.39 is 12.0 Å². The van der Waals surface area contributed by atoms with Crippen LogP contribution < -0.4 is 10.6 Å². The van der Waals surface area contributed by atoms with Gasteiger partial charge >= 0.3 is 5.97 Å². The minimum Gasteiger partial charge on any atom is -0.478 e. The van der Waals surface area contributed by atoms with Gasteiger partial charge in [-0.15, -0.1) is 0 Å². The maximum Gasteiger partial charge on any atom is 0.335 e. The molecule has 6 heteroatoms. The summed E-state index contributed by atoms with van der Waals surface area (Å²) < 4.78 is 0. The quantitative estimate of drug-likeness (QED) is 0.709. The molecule has 0 aliphatic carbocycles. The highest BCUT2D eigenvalue weighted by Gasteiger charge is 2.12. The number of rotatable bonds is 6. The molecule has 108 valence electrons. The first-order chi connectivity index (χ1) is 9.40. The third kappa shape index (κ3) is 5.09. The topological polar surface area (TPSA) is 95.5 Å². The van der Waals surface area contributed by atoms with Crippen molar-refractivity contribution in [1.82, 2.24) is 10.6 Å². The number of nitrogens with one attached hydrogen (secondary N) is 2. The maximum absolute atomic E-state index is 11.6. The molecule has 0 fully saturated rings.